The van der Waals surface area contributed by atoms with E-state index in [0.29, 0.717) is 11.3 Å². The highest BCUT2D eigenvalue weighted by molar-refractivity contribution is 6.11. The van der Waals surface area contributed by atoms with Gasteiger partial charge in [0.25, 0.3) is 0 Å². The van der Waals surface area contributed by atoms with Crippen molar-refractivity contribution >= 4 is 27.5 Å². The maximum atomic E-state index is 9.40. The summed E-state index contributed by atoms with van der Waals surface area (Å²) < 4.78 is 2.25. The molecule has 0 N–H and O–H groups in total. The molecule has 0 aliphatic heterocycles. The van der Waals surface area contributed by atoms with Crippen molar-refractivity contribution in [2.75, 3.05) is 0 Å². The zero-order valence-corrected chi connectivity index (χ0v) is 25.3. The minimum Gasteiger partial charge on any atom is -0.294 e. The molecule has 0 atom stereocenters. The van der Waals surface area contributed by atoms with E-state index in [1.54, 1.807) is 0 Å². The average Bonchev–Trinajstić information content (AvgIpc) is 3.48. The van der Waals surface area contributed by atoms with Gasteiger partial charge in [0.15, 0.2) is 5.69 Å². The van der Waals surface area contributed by atoms with Gasteiger partial charge in [-0.3, -0.25) is 4.57 Å². The highest BCUT2D eigenvalue weighted by Crippen LogP contribution is 2.38. The summed E-state index contributed by atoms with van der Waals surface area (Å²) in [5.41, 5.74) is 11.7. The Hall–Kier alpha value is -6.75. The lowest BCUT2D eigenvalue weighted by molar-refractivity contribution is 1.08. The monoisotopic (exact) mass is 598 g/mol. The number of aromatic nitrogens is 2. The summed E-state index contributed by atoms with van der Waals surface area (Å²) in [6.45, 7) is 7.41. The van der Waals surface area contributed by atoms with Gasteiger partial charge in [-0.1, -0.05) is 109 Å². The molecule has 0 aliphatic carbocycles. The number of fused-ring (bicyclic) bond motifs is 3. The average molecular weight is 599 g/mol. The van der Waals surface area contributed by atoms with Crippen molar-refractivity contribution in [2.24, 2.45) is 0 Å². The van der Waals surface area contributed by atoms with Gasteiger partial charge in [-0.25, -0.2) is 9.83 Å². The van der Waals surface area contributed by atoms with E-state index < -0.39 is 0 Å². The molecular weight excluding hydrogens is 573 g/mol. The van der Waals surface area contributed by atoms with Gasteiger partial charge in [0.1, 0.15) is 5.82 Å². The first-order valence-corrected chi connectivity index (χ1v) is 15.4. The number of hydrogen-bond donors (Lipinski definition) is 0. The largest absolute Gasteiger partial charge is 0.294 e. The third-order valence-corrected chi connectivity index (χ3v) is 8.66. The van der Waals surface area contributed by atoms with E-state index in [9.17, 15) is 5.26 Å². The minimum absolute atomic E-state index is 0.598. The van der Waals surface area contributed by atoms with Crippen LogP contribution >= 0.6 is 0 Å². The molecule has 2 heterocycles. The van der Waals surface area contributed by atoms with Crippen molar-refractivity contribution in [1.82, 2.24) is 9.55 Å². The Labute approximate surface area is 272 Å². The van der Waals surface area contributed by atoms with Crippen LogP contribution in [0.1, 0.15) is 5.56 Å². The normalized spacial score (nSPS) is 10.9. The molecule has 0 aliphatic rings. The van der Waals surface area contributed by atoms with Gasteiger partial charge in [-0.05, 0) is 81.9 Å². The smallest absolute Gasteiger partial charge is 0.187 e. The topological polar surface area (TPSA) is 46.0 Å². The molecule has 218 valence electrons. The molecule has 2 aromatic heterocycles. The first-order valence-electron chi connectivity index (χ1n) is 15.4. The molecule has 0 unspecified atom stereocenters. The van der Waals surface area contributed by atoms with Gasteiger partial charge in [0, 0.05) is 16.3 Å². The lowest BCUT2D eigenvalue weighted by atomic mass is 10.0. The lowest BCUT2D eigenvalue weighted by Gasteiger charge is -2.13. The third-order valence-electron chi connectivity index (χ3n) is 8.66. The molecule has 0 saturated heterocycles. The van der Waals surface area contributed by atoms with E-state index in [0.717, 1.165) is 61.1 Å². The predicted octanol–water partition coefficient (Wildman–Crippen LogP) is 11.3. The Kier molecular flexibility index (Phi) is 6.88. The Bertz CT molecular complexity index is 2320. The summed E-state index contributed by atoms with van der Waals surface area (Å²) in [7, 11) is 0. The minimum atomic E-state index is 0.598. The Balaban J connectivity index is 1.40. The highest BCUT2D eigenvalue weighted by atomic mass is 15.1. The fraction of sp³-hybridized carbons (Fsp3) is 0. The summed E-state index contributed by atoms with van der Waals surface area (Å²) in [5, 5.41) is 11.7. The summed E-state index contributed by atoms with van der Waals surface area (Å²) in [5.74, 6) is 0.788. The second-order valence-electron chi connectivity index (χ2n) is 11.5. The van der Waals surface area contributed by atoms with Gasteiger partial charge < -0.3 is 0 Å². The van der Waals surface area contributed by atoms with Crippen LogP contribution in [0.3, 0.4) is 0 Å². The molecule has 0 bridgehead atoms. The fourth-order valence-electron chi connectivity index (χ4n) is 6.28. The molecule has 0 radical (unpaired) electrons. The number of rotatable bonds is 5. The number of pyridine rings is 1. The van der Waals surface area contributed by atoms with Crippen LogP contribution in [0.4, 0.5) is 5.69 Å². The molecule has 0 amide bonds. The molecule has 4 nitrogen and oxygen atoms in total. The second kappa shape index (κ2) is 11.6. The number of hydrogen-bond acceptors (Lipinski definition) is 2. The lowest BCUT2D eigenvalue weighted by Crippen LogP contribution is -2.00. The van der Waals surface area contributed by atoms with E-state index in [2.05, 4.69) is 113 Å². The van der Waals surface area contributed by atoms with E-state index >= 15 is 0 Å². The van der Waals surface area contributed by atoms with Crippen LogP contribution in [0.5, 0.6) is 0 Å². The first-order chi connectivity index (χ1) is 23.2. The third kappa shape index (κ3) is 5.11. The molecule has 6 aromatic carbocycles. The molecule has 0 spiro atoms. The van der Waals surface area contributed by atoms with Crippen LogP contribution < -0.4 is 0 Å². The zero-order valence-electron chi connectivity index (χ0n) is 25.3. The molecule has 0 fully saturated rings. The number of benzene rings is 6. The van der Waals surface area contributed by atoms with Crippen LogP contribution in [0.2, 0.25) is 0 Å². The second-order valence-corrected chi connectivity index (χ2v) is 11.5. The van der Waals surface area contributed by atoms with Crippen molar-refractivity contribution in [3.63, 3.8) is 0 Å². The molecule has 47 heavy (non-hydrogen) atoms. The van der Waals surface area contributed by atoms with Crippen LogP contribution in [-0.4, -0.2) is 9.55 Å². The number of nitrogens with zero attached hydrogens (tertiary/aromatic N) is 4. The highest BCUT2D eigenvalue weighted by Gasteiger charge is 2.17. The maximum Gasteiger partial charge on any atom is 0.187 e. The summed E-state index contributed by atoms with van der Waals surface area (Å²) in [6, 6.07) is 55.9. The van der Waals surface area contributed by atoms with Gasteiger partial charge in [-0.2, -0.15) is 5.26 Å². The molecule has 4 heteroatoms. The number of nitriles is 1. The first kappa shape index (κ1) is 27.8. The fourth-order valence-corrected chi connectivity index (χ4v) is 6.28. The van der Waals surface area contributed by atoms with E-state index in [1.165, 1.54) is 11.1 Å². The Morgan fingerprint density at radius 2 is 1.02 bits per heavy atom. The molecular formula is C43H26N4. The van der Waals surface area contributed by atoms with Gasteiger partial charge in [0.2, 0.25) is 0 Å². The van der Waals surface area contributed by atoms with Crippen molar-refractivity contribution in [1.29, 1.82) is 5.26 Å². The maximum absolute atomic E-state index is 9.40. The van der Waals surface area contributed by atoms with Crippen LogP contribution in [-0.2, 0) is 0 Å². The quantitative estimate of drug-likeness (QED) is 0.185. The van der Waals surface area contributed by atoms with Crippen molar-refractivity contribution in [2.45, 2.75) is 0 Å². The van der Waals surface area contributed by atoms with Gasteiger partial charge in [-0.15, -0.1) is 0 Å². The zero-order chi connectivity index (χ0) is 31.7. The summed E-state index contributed by atoms with van der Waals surface area (Å²) in [6.07, 6.45) is 0. The molecule has 8 rings (SSSR count). The Morgan fingerprint density at radius 3 is 1.55 bits per heavy atom. The molecule has 8 aromatic rings. The van der Waals surface area contributed by atoms with E-state index in [1.807, 2.05) is 60.7 Å². The summed E-state index contributed by atoms with van der Waals surface area (Å²) >= 11 is 0. The van der Waals surface area contributed by atoms with Gasteiger partial charge in [0.05, 0.1) is 34.9 Å². The van der Waals surface area contributed by atoms with Crippen LogP contribution in [0.25, 0.3) is 77.1 Å². The van der Waals surface area contributed by atoms with Gasteiger partial charge >= 0.3 is 0 Å². The Morgan fingerprint density at radius 1 is 0.511 bits per heavy atom. The predicted molar refractivity (Wildman–Crippen MR) is 191 cm³/mol. The standard InChI is InChI=1S/C43H26N4/c1-45-37-20-16-32(17-21-37)36-26-40(33-14-12-29(28-44)13-15-33)46-43(27-36)47-41-22-18-34(30-8-4-2-5-9-30)24-38(41)39-25-35(19-23-42(39)47)31-10-6-3-7-11-31/h2-27H. The van der Waals surface area contributed by atoms with Crippen molar-refractivity contribution in [3.8, 4) is 56.5 Å². The van der Waals surface area contributed by atoms with Crippen LogP contribution in [0, 0.1) is 17.9 Å². The van der Waals surface area contributed by atoms with Crippen LogP contribution in [0.15, 0.2) is 158 Å². The van der Waals surface area contributed by atoms with E-state index in [4.69, 9.17) is 11.6 Å². The SMILES string of the molecule is [C-]#[N+]c1ccc(-c2cc(-c3ccc(C#N)cc3)nc(-n3c4ccc(-c5ccccc5)cc4c4cc(-c5ccccc5)ccc43)c2)cc1. The van der Waals surface area contributed by atoms with Crippen molar-refractivity contribution < 1.29 is 0 Å². The molecule has 0 saturated carbocycles. The van der Waals surface area contributed by atoms with Crippen molar-refractivity contribution in [3.05, 3.63) is 175 Å². The van der Waals surface area contributed by atoms with E-state index in [-0.39, 0.29) is 0 Å². The summed E-state index contributed by atoms with van der Waals surface area (Å²) in [4.78, 5) is 8.83.